The molecule has 5 nitrogen and oxygen atoms in total. The van der Waals surface area contributed by atoms with E-state index in [1.54, 1.807) is 0 Å². The van der Waals surface area contributed by atoms with Crippen molar-refractivity contribution in [2.24, 2.45) is 5.73 Å². The summed E-state index contributed by atoms with van der Waals surface area (Å²) in [5.41, 5.74) is 5.98. The fourth-order valence-electron chi connectivity index (χ4n) is 2.04. The minimum Gasteiger partial charge on any atom is -0.446 e. The van der Waals surface area contributed by atoms with E-state index in [0.717, 1.165) is 5.56 Å². The Bertz CT molecular complexity index is 471. The van der Waals surface area contributed by atoms with Gasteiger partial charge in [0.2, 0.25) is 0 Å². The summed E-state index contributed by atoms with van der Waals surface area (Å²) in [5.74, 6) is -2.89. The molecule has 0 saturated carbocycles. The van der Waals surface area contributed by atoms with Gasteiger partial charge in [-0.25, -0.2) is 13.6 Å². The number of ether oxygens (including phenoxy) is 3. The zero-order valence-corrected chi connectivity index (χ0v) is 13.9. The summed E-state index contributed by atoms with van der Waals surface area (Å²) >= 11 is 0. The number of benzene rings is 1. The zero-order chi connectivity index (χ0) is 17.8. The molecule has 0 heterocycles. The number of primary amides is 1. The third-order valence-electron chi connectivity index (χ3n) is 3.39. The average molecular weight is 345 g/mol. The molecule has 1 amide bonds. The molecule has 0 saturated heterocycles. The summed E-state index contributed by atoms with van der Waals surface area (Å²) in [6, 6.07) is 9.71. The Kier molecular flexibility index (Phi) is 9.26. The molecule has 0 spiro atoms. The number of rotatable bonds is 12. The summed E-state index contributed by atoms with van der Waals surface area (Å²) in [6.07, 6.45) is -2.72. The molecule has 0 aromatic heterocycles. The molecular formula is C17H25F2NO4. The molecular weight excluding hydrogens is 320 g/mol. The van der Waals surface area contributed by atoms with Crippen LogP contribution < -0.4 is 5.73 Å². The van der Waals surface area contributed by atoms with E-state index in [4.69, 9.17) is 19.9 Å². The van der Waals surface area contributed by atoms with E-state index in [9.17, 15) is 13.6 Å². The number of hydrogen-bond acceptors (Lipinski definition) is 4. The highest BCUT2D eigenvalue weighted by Gasteiger charge is 2.32. The first kappa shape index (κ1) is 20.3. The standard InChI is InChI=1S/C17H25F2NO4/c1-2-17(18,19)12-15(24-16(20)21)8-9-22-10-11-23-13-14-6-4-3-5-7-14/h3-7,15H,2,8-13H2,1H3,(H2,20,21). The highest BCUT2D eigenvalue weighted by molar-refractivity contribution is 5.64. The Labute approximate surface area is 141 Å². The summed E-state index contributed by atoms with van der Waals surface area (Å²) in [4.78, 5) is 10.8. The predicted molar refractivity (Wildman–Crippen MR) is 85.8 cm³/mol. The number of carbonyl (C=O) groups is 1. The second-order valence-corrected chi connectivity index (χ2v) is 5.41. The van der Waals surface area contributed by atoms with Gasteiger partial charge in [0, 0.05) is 19.3 Å². The Morgan fingerprint density at radius 3 is 2.46 bits per heavy atom. The lowest BCUT2D eigenvalue weighted by atomic mass is 10.1. The molecule has 0 aliphatic carbocycles. The molecule has 24 heavy (non-hydrogen) atoms. The van der Waals surface area contributed by atoms with Crippen molar-refractivity contribution in [1.29, 1.82) is 0 Å². The fourth-order valence-corrected chi connectivity index (χ4v) is 2.04. The molecule has 0 aliphatic rings. The van der Waals surface area contributed by atoms with E-state index in [1.165, 1.54) is 6.92 Å². The van der Waals surface area contributed by atoms with Crippen LogP contribution in [0.5, 0.6) is 0 Å². The number of alkyl halides is 2. The third-order valence-corrected chi connectivity index (χ3v) is 3.39. The van der Waals surface area contributed by atoms with Crippen LogP contribution in [0.15, 0.2) is 30.3 Å². The van der Waals surface area contributed by atoms with Gasteiger partial charge < -0.3 is 19.9 Å². The molecule has 2 N–H and O–H groups in total. The van der Waals surface area contributed by atoms with Gasteiger partial charge in [-0.3, -0.25) is 0 Å². The third kappa shape index (κ3) is 9.42. The van der Waals surface area contributed by atoms with E-state index in [0.29, 0.717) is 19.8 Å². The largest absolute Gasteiger partial charge is 0.446 e. The maximum atomic E-state index is 13.4. The lowest BCUT2D eigenvalue weighted by molar-refractivity contribution is -0.0567. The van der Waals surface area contributed by atoms with Gasteiger partial charge in [-0.2, -0.15) is 0 Å². The fraction of sp³-hybridized carbons (Fsp3) is 0.588. The molecule has 0 radical (unpaired) electrons. The normalized spacial score (nSPS) is 12.8. The van der Waals surface area contributed by atoms with Crippen LogP contribution in [0.4, 0.5) is 13.6 Å². The first-order valence-corrected chi connectivity index (χ1v) is 7.96. The van der Waals surface area contributed by atoms with Crippen LogP contribution in [0.25, 0.3) is 0 Å². The highest BCUT2D eigenvalue weighted by Crippen LogP contribution is 2.26. The second-order valence-electron chi connectivity index (χ2n) is 5.41. The smallest absolute Gasteiger partial charge is 0.404 e. The molecule has 0 aliphatic heterocycles. The molecule has 1 rings (SSSR count). The van der Waals surface area contributed by atoms with Crippen LogP contribution >= 0.6 is 0 Å². The van der Waals surface area contributed by atoms with Gasteiger partial charge in [0.05, 0.1) is 26.4 Å². The van der Waals surface area contributed by atoms with Crippen molar-refractivity contribution in [2.45, 2.75) is 44.8 Å². The summed E-state index contributed by atoms with van der Waals surface area (Å²) in [6.45, 7) is 2.77. The van der Waals surface area contributed by atoms with E-state index in [-0.39, 0.29) is 19.4 Å². The Morgan fingerprint density at radius 2 is 1.83 bits per heavy atom. The predicted octanol–water partition coefficient (Wildman–Crippen LogP) is 3.51. The SMILES string of the molecule is CCC(F)(F)CC(CCOCCOCc1ccccc1)OC(N)=O. The molecule has 1 unspecified atom stereocenters. The van der Waals surface area contributed by atoms with Gasteiger partial charge in [-0.1, -0.05) is 37.3 Å². The lowest BCUT2D eigenvalue weighted by Gasteiger charge is -2.22. The van der Waals surface area contributed by atoms with Gasteiger partial charge >= 0.3 is 6.09 Å². The number of hydrogen-bond donors (Lipinski definition) is 1. The van der Waals surface area contributed by atoms with Crippen molar-refractivity contribution in [1.82, 2.24) is 0 Å². The van der Waals surface area contributed by atoms with E-state index in [1.807, 2.05) is 30.3 Å². The van der Waals surface area contributed by atoms with Crippen molar-refractivity contribution >= 4 is 6.09 Å². The molecule has 136 valence electrons. The van der Waals surface area contributed by atoms with E-state index < -0.39 is 24.5 Å². The van der Waals surface area contributed by atoms with Crippen LogP contribution in [0, 0.1) is 0 Å². The Hall–Kier alpha value is -1.73. The van der Waals surface area contributed by atoms with Crippen LogP contribution in [-0.4, -0.2) is 37.9 Å². The van der Waals surface area contributed by atoms with Gasteiger partial charge in [0.1, 0.15) is 6.10 Å². The van der Waals surface area contributed by atoms with Crippen molar-refractivity contribution in [3.8, 4) is 0 Å². The van der Waals surface area contributed by atoms with Gasteiger partial charge in [-0.15, -0.1) is 0 Å². The summed E-state index contributed by atoms with van der Waals surface area (Å²) < 4.78 is 42.3. The molecule has 1 aromatic carbocycles. The van der Waals surface area contributed by atoms with Gasteiger partial charge in [0.15, 0.2) is 0 Å². The lowest BCUT2D eigenvalue weighted by Crippen LogP contribution is -2.30. The van der Waals surface area contributed by atoms with Crippen LogP contribution in [0.3, 0.4) is 0 Å². The van der Waals surface area contributed by atoms with Crippen molar-refractivity contribution in [2.75, 3.05) is 19.8 Å². The molecule has 0 bridgehead atoms. The first-order chi connectivity index (χ1) is 11.4. The zero-order valence-electron chi connectivity index (χ0n) is 13.9. The first-order valence-electron chi connectivity index (χ1n) is 7.96. The minimum absolute atomic E-state index is 0.164. The Balaban J connectivity index is 2.16. The minimum atomic E-state index is -2.89. The monoisotopic (exact) mass is 345 g/mol. The van der Waals surface area contributed by atoms with Gasteiger partial charge in [0.25, 0.3) is 5.92 Å². The topological polar surface area (TPSA) is 70.8 Å². The number of carbonyl (C=O) groups excluding carboxylic acids is 1. The van der Waals surface area contributed by atoms with Crippen LogP contribution in [-0.2, 0) is 20.8 Å². The second kappa shape index (κ2) is 10.9. The molecule has 0 fully saturated rings. The Morgan fingerprint density at radius 1 is 1.17 bits per heavy atom. The van der Waals surface area contributed by atoms with Crippen molar-refractivity contribution in [3.63, 3.8) is 0 Å². The van der Waals surface area contributed by atoms with Crippen LogP contribution in [0.1, 0.15) is 31.7 Å². The maximum absolute atomic E-state index is 13.4. The van der Waals surface area contributed by atoms with Crippen molar-refractivity contribution < 1.29 is 27.8 Å². The van der Waals surface area contributed by atoms with Crippen LogP contribution in [0.2, 0.25) is 0 Å². The maximum Gasteiger partial charge on any atom is 0.404 e. The molecule has 7 heteroatoms. The average Bonchev–Trinajstić information content (AvgIpc) is 2.54. The number of amides is 1. The highest BCUT2D eigenvalue weighted by atomic mass is 19.3. The summed E-state index contributed by atoms with van der Waals surface area (Å²) in [7, 11) is 0. The number of halogens is 2. The van der Waals surface area contributed by atoms with E-state index >= 15 is 0 Å². The number of nitrogens with two attached hydrogens (primary N) is 1. The van der Waals surface area contributed by atoms with Gasteiger partial charge in [-0.05, 0) is 5.56 Å². The quantitative estimate of drug-likeness (QED) is 0.589. The molecule has 1 atom stereocenters. The molecule has 1 aromatic rings. The van der Waals surface area contributed by atoms with Crippen molar-refractivity contribution in [3.05, 3.63) is 35.9 Å². The summed E-state index contributed by atoms with van der Waals surface area (Å²) in [5, 5.41) is 0. The van der Waals surface area contributed by atoms with E-state index in [2.05, 4.69) is 0 Å².